The summed E-state index contributed by atoms with van der Waals surface area (Å²) in [6.45, 7) is 6.50. The summed E-state index contributed by atoms with van der Waals surface area (Å²) in [7, 11) is 0. The van der Waals surface area contributed by atoms with Crippen LogP contribution in [0.25, 0.3) is 102 Å². The number of aromatic nitrogens is 4. The Kier molecular flexibility index (Phi) is 7.79. The number of hydrogen-bond donors (Lipinski definition) is 0. The highest BCUT2D eigenvalue weighted by atomic mass is 16.3. The second-order valence-corrected chi connectivity index (χ2v) is 12.7. The van der Waals surface area contributed by atoms with Gasteiger partial charge in [-0.1, -0.05) is 152 Å². The minimum absolute atomic E-state index is 0.620. The van der Waals surface area contributed by atoms with E-state index < -0.39 is 0 Å². The normalized spacial score (nSPS) is 12.1. The number of fused-ring (bicyclic) bond motifs is 4. The highest BCUT2D eigenvalue weighted by Crippen LogP contribution is 2.36. The summed E-state index contributed by atoms with van der Waals surface area (Å²) < 4.78 is 6.59. The fourth-order valence-electron chi connectivity index (χ4n) is 6.80. The maximum Gasteiger partial charge on any atom is 0.164 e. The number of hydrogen-bond acceptors (Lipinski definition) is 5. The summed E-state index contributed by atoms with van der Waals surface area (Å²) in [6.07, 6.45) is 5.93. The fraction of sp³-hybridized carbons (Fsp3) is 0.0213. The number of pyridine rings is 1. The first-order valence-corrected chi connectivity index (χ1v) is 17.3. The summed E-state index contributed by atoms with van der Waals surface area (Å²) in [5.41, 5.74) is 9.08. The molecule has 0 aliphatic carbocycles. The highest BCUT2D eigenvalue weighted by molar-refractivity contribution is 6.12. The maximum absolute atomic E-state index is 6.59. The fourth-order valence-corrected chi connectivity index (χ4v) is 6.80. The van der Waals surface area contributed by atoms with Crippen molar-refractivity contribution in [1.29, 1.82) is 0 Å². The maximum atomic E-state index is 6.59. The molecule has 0 radical (unpaired) electrons. The number of benzene rings is 6. The molecular weight excluding hydrogens is 637 g/mol. The standard InChI is InChI=1S/C47H32N4O/c1-3-4-22-41-30(2)42-39-29-36(27-28-40(39)48-43(44(42)52-41)38-21-13-19-32-14-11-12-20-37(32)38)31-23-25-35(26-24-31)47-50-45(33-15-7-5-8-16-33)49-46(51-47)34-17-9-6-10-18-34/h3-29H,2H2,1H3/b4-3-,41-22+. The third-order valence-corrected chi connectivity index (χ3v) is 9.41. The topological polar surface area (TPSA) is 64.7 Å². The van der Waals surface area contributed by atoms with E-state index in [0.717, 1.165) is 82.4 Å². The van der Waals surface area contributed by atoms with Gasteiger partial charge in [0.2, 0.25) is 0 Å². The molecule has 6 aromatic carbocycles. The van der Waals surface area contributed by atoms with Crippen molar-refractivity contribution in [3.63, 3.8) is 0 Å². The van der Waals surface area contributed by atoms with Crippen LogP contribution in [0.4, 0.5) is 0 Å². The number of furan rings is 1. The van der Waals surface area contributed by atoms with E-state index in [1.54, 1.807) is 0 Å². The third-order valence-electron chi connectivity index (χ3n) is 9.41. The minimum atomic E-state index is 0.620. The van der Waals surface area contributed by atoms with Gasteiger partial charge in [-0.25, -0.2) is 19.9 Å². The molecule has 0 aliphatic heterocycles. The van der Waals surface area contributed by atoms with E-state index in [0.29, 0.717) is 17.5 Å². The van der Waals surface area contributed by atoms with E-state index in [-0.39, 0.29) is 0 Å². The average Bonchev–Trinajstić information content (AvgIpc) is 3.55. The van der Waals surface area contributed by atoms with Crippen LogP contribution in [0.2, 0.25) is 0 Å². The van der Waals surface area contributed by atoms with Crippen LogP contribution in [0.5, 0.6) is 0 Å². The zero-order chi connectivity index (χ0) is 35.0. The van der Waals surface area contributed by atoms with Crippen molar-refractivity contribution in [3.05, 3.63) is 168 Å². The van der Waals surface area contributed by atoms with E-state index in [4.69, 9.17) is 24.4 Å². The van der Waals surface area contributed by atoms with Gasteiger partial charge in [0.25, 0.3) is 0 Å². The molecule has 9 rings (SSSR count). The van der Waals surface area contributed by atoms with Crippen molar-refractivity contribution < 1.29 is 4.42 Å². The summed E-state index contributed by atoms with van der Waals surface area (Å²) in [4.78, 5) is 19.9. The zero-order valence-electron chi connectivity index (χ0n) is 28.5. The second-order valence-electron chi connectivity index (χ2n) is 12.7. The van der Waals surface area contributed by atoms with Crippen LogP contribution < -0.4 is 10.6 Å². The molecule has 0 saturated carbocycles. The molecule has 52 heavy (non-hydrogen) atoms. The molecule has 3 aromatic heterocycles. The van der Waals surface area contributed by atoms with E-state index in [1.807, 2.05) is 85.8 Å². The van der Waals surface area contributed by atoms with Gasteiger partial charge < -0.3 is 4.42 Å². The first-order chi connectivity index (χ1) is 25.6. The molecule has 3 heterocycles. The molecule has 5 heteroatoms. The Hall–Kier alpha value is -6.98. The lowest BCUT2D eigenvalue weighted by atomic mass is 9.97. The van der Waals surface area contributed by atoms with Gasteiger partial charge in [-0.3, -0.25) is 0 Å². The van der Waals surface area contributed by atoms with Gasteiger partial charge in [-0.05, 0) is 47.0 Å². The van der Waals surface area contributed by atoms with E-state index in [2.05, 4.69) is 91.5 Å². The van der Waals surface area contributed by atoms with Crippen LogP contribution in [-0.2, 0) is 0 Å². The summed E-state index contributed by atoms with van der Waals surface area (Å²) >= 11 is 0. The molecule has 0 unspecified atom stereocenters. The van der Waals surface area contributed by atoms with Crippen molar-refractivity contribution >= 4 is 45.3 Å². The Morgan fingerprint density at radius 3 is 1.79 bits per heavy atom. The van der Waals surface area contributed by atoms with Gasteiger partial charge in [-0.2, -0.15) is 0 Å². The average molecular weight is 669 g/mol. The lowest BCUT2D eigenvalue weighted by molar-refractivity contribution is 0.576. The number of allylic oxidation sites excluding steroid dienone is 2. The SMILES string of the molecule is C=c1/c(=C\C=C/C)oc2c(-c3cccc4ccccc34)nc3ccc(-c4ccc(-c5nc(-c6ccccc6)nc(-c6ccccc6)n5)cc4)cc3c12. The van der Waals surface area contributed by atoms with Crippen molar-refractivity contribution in [2.24, 2.45) is 0 Å². The van der Waals surface area contributed by atoms with E-state index in [1.165, 1.54) is 0 Å². The summed E-state index contributed by atoms with van der Waals surface area (Å²) in [6, 6.07) is 49.5. The molecule has 0 saturated heterocycles. The predicted molar refractivity (Wildman–Crippen MR) is 214 cm³/mol. The quantitative estimate of drug-likeness (QED) is 0.176. The van der Waals surface area contributed by atoms with Gasteiger partial charge in [-0.15, -0.1) is 0 Å². The highest BCUT2D eigenvalue weighted by Gasteiger charge is 2.18. The number of rotatable bonds is 6. The van der Waals surface area contributed by atoms with Crippen LogP contribution in [0.1, 0.15) is 6.92 Å². The molecule has 0 spiro atoms. The smallest absolute Gasteiger partial charge is 0.164 e. The second kappa shape index (κ2) is 13.0. The minimum Gasteiger partial charge on any atom is -0.454 e. The molecule has 9 aromatic rings. The summed E-state index contributed by atoms with van der Waals surface area (Å²) in [5, 5.41) is 5.08. The molecule has 246 valence electrons. The van der Waals surface area contributed by atoms with Crippen LogP contribution in [0.3, 0.4) is 0 Å². The van der Waals surface area contributed by atoms with Crippen molar-refractivity contribution in [3.8, 4) is 56.5 Å². The Balaban J connectivity index is 1.17. The Bertz CT molecular complexity index is 2850. The molecule has 0 fully saturated rings. The van der Waals surface area contributed by atoms with Gasteiger partial charge >= 0.3 is 0 Å². The molecule has 0 N–H and O–H groups in total. The van der Waals surface area contributed by atoms with Gasteiger partial charge in [0.1, 0.15) is 11.1 Å². The molecular formula is C47H32N4O. The third kappa shape index (κ3) is 5.55. The van der Waals surface area contributed by atoms with Crippen molar-refractivity contribution in [1.82, 2.24) is 19.9 Å². The van der Waals surface area contributed by atoms with Gasteiger partial charge in [0, 0.05) is 38.2 Å². The van der Waals surface area contributed by atoms with Gasteiger partial charge in [0.05, 0.1) is 5.52 Å². The molecule has 0 aliphatic rings. The van der Waals surface area contributed by atoms with Crippen LogP contribution in [-0.4, -0.2) is 19.9 Å². The van der Waals surface area contributed by atoms with E-state index in [9.17, 15) is 0 Å². The van der Waals surface area contributed by atoms with Crippen LogP contribution >= 0.6 is 0 Å². The van der Waals surface area contributed by atoms with Crippen molar-refractivity contribution in [2.75, 3.05) is 0 Å². The Labute approximate surface area is 300 Å². The lowest BCUT2D eigenvalue weighted by Gasteiger charge is -2.11. The Morgan fingerprint density at radius 1 is 0.538 bits per heavy atom. The van der Waals surface area contributed by atoms with Crippen LogP contribution in [0, 0.1) is 0 Å². The monoisotopic (exact) mass is 668 g/mol. The largest absolute Gasteiger partial charge is 0.454 e. The zero-order valence-corrected chi connectivity index (χ0v) is 28.5. The molecule has 0 amide bonds. The molecule has 5 nitrogen and oxygen atoms in total. The first-order valence-electron chi connectivity index (χ1n) is 17.3. The van der Waals surface area contributed by atoms with Crippen molar-refractivity contribution in [2.45, 2.75) is 6.92 Å². The predicted octanol–water partition coefficient (Wildman–Crippen LogP) is 10.4. The van der Waals surface area contributed by atoms with E-state index >= 15 is 0 Å². The number of nitrogens with zero attached hydrogens (tertiary/aromatic N) is 4. The lowest BCUT2D eigenvalue weighted by Crippen LogP contribution is -2.17. The molecule has 0 bridgehead atoms. The first kappa shape index (κ1) is 31.0. The van der Waals surface area contributed by atoms with Gasteiger partial charge in [0.15, 0.2) is 23.1 Å². The van der Waals surface area contributed by atoms with Crippen LogP contribution in [0.15, 0.2) is 162 Å². The molecule has 0 atom stereocenters. The Morgan fingerprint density at radius 2 is 1.12 bits per heavy atom. The summed E-state index contributed by atoms with van der Waals surface area (Å²) in [5.74, 6) is 1.89.